The molecule has 0 saturated carbocycles. The third-order valence-electron chi connectivity index (χ3n) is 4.31. The lowest BCUT2D eigenvalue weighted by atomic mass is 9.98. The van der Waals surface area contributed by atoms with Crippen molar-refractivity contribution in [3.63, 3.8) is 0 Å². The summed E-state index contributed by atoms with van der Waals surface area (Å²) in [5, 5.41) is 4.54. The Labute approximate surface area is 135 Å². The molecule has 0 spiro atoms. The number of carbonyl (C=O) groups is 1. The molecule has 0 radical (unpaired) electrons. The van der Waals surface area contributed by atoms with Crippen LogP contribution in [0.2, 0.25) is 0 Å². The molecule has 3 rings (SSSR count). The summed E-state index contributed by atoms with van der Waals surface area (Å²) in [7, 11) is 0. The average molecular weight is 317 g/mol. The number of aryl methyl sites for hydroxylation is 2. The number of nitrogens with zero attached hydrogens (tertiary/aromatic N) is 5. The first-order chi connectivity index (χ1) is 11.2. The third-order valence-corrected chi connectivity index (χ3v) is 4.31. The molecule has 2 aromatic rings. The SMILES string of the molecule is CCOC(=O)[C@@H]1CCCN(c2ncnc3c(C)nn(CC)c23)C1. The van der Waals surface area contributed by atoms with E-state index in [1.165, 1.54) is 0 Å². The van der Waals surface area contributed by atoms with Gasteiger partial charge >= 0.3 is 5.97 Å². The molecule has 7 heteroatoms. The summed E-state index contributed by atoms with van der Waals surface area (Å²) in [6, 6.07) is 0. The Balaban J connectivity index is 1.95. The lowest BCUT2D eigenvalue weighted by molar-refractivity contribution is -0.148. The Kier molecular flexibility index (Phi) is 4.45. The zero-order chi connectivity index (χ0) is 16.4. The van der Waals surface area contributed by atoms with Crippen LogP contribution < -0.4 is 4.90 Å². The van der Waals surface area contributed by atoms with Gasteiger partial charge in [0.25, 0.3) is 0 Å². The van der Waals surface area contributed by atoms with E-state index in [1.807, 2.05) is 18.5 Å². The predicted molar refractivity (Wildman–Crippen MR) is 87.3 cm³/mol. The van der Waals surface area contributed by atoms with Crippen molar-refractivity contribution in [2.24, 2.45) is 5.92 Å². The number of aromatic nitrogens is 4. The van der Waals surface area contributed by atoms with E-state index in [4.69, 9.17) is 4.74 Å². The van der Waals surface area contributed by atoms with Gasteiger partial charge < -0.3 is 9.64 Å². The first kappa shape index (κ1) is 15.7. The minimum Gasteiger partial charge on any atom is -0.466 e. The second-order valence-electron chi connectivity index (χ2n) is 5.83. The lowest BCUT2D eigenvalue weighted by Gasteiger charge is -2.32. The molecule has 1 saturated heterocycles. The van der Waals surface area contributed by atoms with Crippen molar-refractivity contribution in [2.75, 3.05) is 24.6 Å². The Morgan fingerprint density at radius 2 is 2.22 bits per heavy atom. The van der Waals surface area contributed by atoms with Crippen LogP contribution in [0.15, 0.2) is 6.33 Å². The second-order valence-corrected chi connectivity index (χ2v) is 5.83. The van der Waals surface area contributed by atoms with Crippen molar-refractivity contribution in [1.29, 1.82) is 0 Å². The molecule has 1 fully saturated rings. The first-order valence-electron chi connectivity index (χ1n) is 8.25. The van der Waals surface area contributed by atoms with Gasteiger partial charge in [0.05, 0.1) is 18.2 Å². The third kappa shape index (κ3) is 2.87. The number of rotatable bonds is 4. The standard InChI is InChI=1S/C16H23N5O2/c1-4-21-14-13(11(3)19-21)17-10-18-15(14)20-8-6-7-12(9-20)16(22)23-5-2/h10,12H,4-9H2,1-3H3/t12-/m1/s1. The van der Waals surface area contributed by atoms with Gasteiger partial charge in [-0.05, 0) is 33.6 Å². The molecular weight excluding hydrogens is 294 g/mol. The van der Waals surface area contributed by atoms with Crippen LogP contribution >= 0.6 is 0 Å². The van der Waals surface area contributed by atoms with E-state index in [-0.39, 0.29) is 11.9 Å². The topological polar surface area (TPSA) is 73.1 Å². The molecular formula is C16H23N5O2. The predicted octanol–water partition coefficient (Wildman–Crippen LogP) is 1.93. The van der Waals surface area contributed by atoms with E-state index in [2.05, 4.69) is 26.9 Å². The number of ether oxygens (including phenoxy) is 1. The van der Waals surface area contributed by atoms with Gasteiger partial charge in [-0.3, -0.25) is 9.48 Å². The molecule has 0 aliphatic carbocycles. The van der Waals surface area contributed by atoms with Crippen LogP contribution in [0.1, 0.15) is 32.4 Å². The van der Waals surface area contributed by atoms with Crippen molar-refractivity contribution in [1.82, 2.24) is 19.7 Å². The largest absolute Gasteiger partial charge is 0.466 e. The molecule has 3 heterocycles. The Bertz CT molecular complexity index is 712. The summed E-state index contributed by atoms with van der Waals surface area (Å²) in [4.78, 5) is 23.1. The molecule has 0 N–H and O–H groups in total. The number of fused-ring (bicyclic) bond motifs is 1. The van der Waals surface area contributed by atoms with Crippen molar-refractivity contribution in [3.05, 3.63) is 12.0 Å². The van der Waals surface area contributed by atoms with Crippen LogP contribution in [0.4, 0.5) is 5.82 Å². The second kappa shape index (κ2) is 6.52. The maximum Gasteiger partial charge on any atom is 0.310 e. The minimum absolute atomic E-state index is 0.0900. The van der Waals surface area contributed by atoms with E-state index < -0.39 is 0 Å². The molecule has 2 aromatic heterocycles. The van der Waals surface area contributed by atoms with Crippen molar-refractivity contribution in [2.45, 2.75) is 40.2 Å². The van der Waals surface area contributed by atoms with Crippen LogP contribution in [0.5, 0.6) is 0 Å². The molecule has 7 nitrogen and oxygen atoms in total. The van der Waals surface area contributed by atoms with Crippen LogP contribution in [-0.2, 0) is 16.1 Å². The van der Waals surface area contributed by atoms with E-state index in [0.29, 0.717) is 13.2 Å². The molecule has 23 heavy (non-hydrogen) atoms. The van der Waals surface area contributed by atoms with Crippen LogP contribution in [0, 0.1) is 12.8 Å². The van der Waals surface area contributed by atoms with Crippen molar-refractivity contribution >= 4 is 22.8 Å². The highest BCUT2D eigenvalue weighted by Gasteiger charge is 2.29. The van der Waals surface area contributed by atoms with Gasteiger partial charge in [0.2, 0.25) is 0 Å². The fourth-order valence-electron chi connectivity index (χ4n) is 3.23. The van der Waals surface area contributed by atoms with Crippen LogP contribution in [0.25, 0.3) is 11.0 Å². The summed E-state index contributed by atoms with van der Waals surface area (Å²) in [6.07, 6.45) is 3.41. The molecule has 1 aliphatic heterocycles. The highest BCUT2D eigenvalue weighted by Crippen LogP contribution is 2.29. The summed E-state index contributed by atoms with van der Waals surface area (Å²) in [6.45, 7) is 8.57. The molecule has 124 valence electrons. The van der Waals surface area contributed by atoms with Gasteiger partial charge in [0, 0.05) is 19.6 Å². The van der Waals surface area contributed by atoms with Gasteiger partial charge in [-0.2, -0.15) is 5.10 Å². The summed E-state index contributed by atoms with van der Waals surface area (Å²) < 4.78 is 7.12. The highest BCUT2D eigenvalue weighted by atomic mass is 16.5. The Morgan fingerprint density at radius 3 is 2.96 bits per heavy atom. The smallest absolute Gasteiger partial charge is 0.310 e. The van der Waals surface area contributed by atoms with Gasteiger partial charge in [0.15, 0.2) is 5.82 Å². The number of anilines is 1. The lowest BCUT2D eigenvalue weighted by Crippen LogP contribution is -2.40. The Hall–Kier alpha value is -2.18. The fourth-order valence-corrected chi connectivity index (χ4v) is 3.23. The normalized spacial score (nSPS) is 18.4. The average Bonchev–Trinajstić information content (AvgIpc) is 2.92. The van der Waals surface area contributed by atoms with Crippen LogP contribution in [0.3, 0.4) is 0 Å². The zero-order valence-corrected chi connectivity index (χ0v) is 13.9. The highest BCUT2D eigenvalue weighted by molar-refractivity contribution is 5.88. The maximum atomic E-state index is 12.1. The zero-order valence-electron chi connectivity index (χ0n) is 13.9. The van der Waals surface area contributed by atoms with Gasteiger partial charge in [0.1, 0.15) is 17.4 Å². The van der Waals surface area contributed by atoms with Crippen LogP contribution in [-0.4, -0.2) is 45.4 Å². The van der Waals surface area contributed by atoms with Gasteiger partial charge in [-0.25, -0.2) is 9.97 Å². The van der Waals surface area contributed by atoms with E-state index >= 15 is 0 Å². The molecule has 0 amide bonds. The van der Waals surface area contributed by atoms with E-state index in [9.17, 15) is 4.79 Å². The first-order valence-corrected chi connectivity index (χ1v) is 8.25. The Morgan fingerprint density at radius 1 is 1.39 bits per heavy atom. The van der Waals surface area contributed by atoms with Crippen molar-refractivity contribution < 1.29 is 9.53 Å². The summed E-state index contributed by atoms with van der Waals surface area (Å²) in [5.74, 6) is 0.668. The molecule has 0 unspecified atom stereocenters. The van der Waals surface area contributed by atoms with E-state index in [1.54, 1.807) is 6.33 Å². The monoisotopic (exact) mass is 317 g/mol. The number of piperidine rings is 1. The van der Waals surface area contributed by atoms with E-state index in [0.717, 1.165) is 48.5 Å². The number of carbonyl (C=O) groups excluding carboxylic acids is 1. The molecule has 1 atom stereocenters. The van der Waals surface area contributed by atoms with Crippen molar-refractivity contribution in [3.8, 4) is 0 Å². The summed E-state index contributed by atoms with van der Waals surface area (Å²) >= 11 is 0. The maximum absolute atomic E-state index is 12.1. The minimum atomic E-state index is -0.109. The number of esters is 1. The summed E-state index contributed by atoms with van der Waals surface area (Å²) in [5.41, 5.74) is 2.75. The quantitative estimate of drug-likeness (QED) is 0.802. The molecule has 0 aromatic carbocycles. The number of hydrogen-bond donors (Lipinski definition) is 0. The fraction of sp³-hybridized carbons (Fsp3) is 0.625. The van der Waals surface area contributed by atoms with Gasteiger partial charge in [-0.15, -0.1) is 0 Å². The molecule has 0 bridgehead atoms. The number of hydrogen-bond acceptors (Lipinski definition) is 6. The van der Waals surface area contributed by atoms with Gasteiger partial charge in [-0.1, -0.05) is 0 Å². The molecule has 1 aliphatic rings.